The number of unbranched alkanes of at least 4 members (excludes halogenated alkanes) is 1. The predicted octanol–water partition coefficient (Wildman–Crippen LogP) is 1.99. The van der Waals surface area contributed by atoms with Gasteiger partial charge >= 0.3 is 12.0 Å². The first-order chi connectivity index (χ1) is 9.40. The maximum atomic E-state index is 12.0. The van der Waals surface area contributed by atoms with Gasteiger partial charge in [0.2, 0.25) is 5.91 Å². The second kappa shape index (κ2) is 7.87. The van der Waals surface area contributed by atoms with Crippen LogP contribution in [0.3, 0.4) is 0 Å². The van der Waals surface area contributed by atoms with Gasteiger partial charge in [-0.1, -0.05) is 13.8 Å². The third kappa shape index (κ3) is 6.54. The molecule has 0 spiro atoms. The van der Waals surface area contributed by atoms with Crippen molar-refractivity contribution in [1.82, 2.24) is 10.2 Å². The molecule has 6 heteroatoms. The number of hydrogen-bond donors (Lipinski definition) is 2. The van der Waals surface area contributed by atoms with E-state index in [1.54, 1.807) is 4.90 Å². The minimum absolute atomic E-state index is 0.0583. The van der Waals surface area contributed by atoms with Crippen LogP contribution >= 0.6 is 0 Å². The Morgan fingerprint density at radius 1 is 1.20 bits per heavy atom. The number of rotatable bonds is 8. The maximum absolute atomic E-state index is 12.0. The molecule has 0 saturated heterocycles. The molecule has 3 amide bonds. The van der Waals surface area contributed by atoms with E-state index in [-0.39, 0.29) is 30.8 Å². The number of carbonyl (C=O) groups excluding carboxylic acids is 2. The molecule has 0 aromatic rings. The molecule has 1 saturated carbocycles. The van der Waals surface area contributed by atoms with E-state index in [0.29, 0.717) is 25.3 Å². The topological polar surface area (TPSA) is 86.7 Å². The number of nitrogens with one attached hydrogen (secondary N) is 1. The van der Waals surface area contributed by atoms with Gasteiger partial charge in [-0.05, 0) is 31.6 Å². The van der Waals surface area contributed by atoms with Gasteiger partial charge in [-0.15, -0.1) is 0 Å². The summed E-state index contributed by atoms with van der Waals surface area (Å²) in [5, 5.41) is 10.9. The summed E-state index contributed by atoms with van der Waals surface area (Å²) in [5.41, 5.74) is 0. The van der Waals surface area contributed by atoms with Crippen LogP contribution in [0.4, 0.5) is 4.79 Å². The number of amides is 3. The van der Waals surface area contributed by atoms with E-state index in [2.05, 4.69) is 5.32 Å². The minimum atomic E-state index is -0.863. The molecule has 0 unspecified atom stereocenters. The number of imide groups is 1. The van der Waals surface area contributed by atoms with Crippen LogP contribution in [0.2, 0.25) is 0 Å². The normalized spacial score (nSPS) is 14.2. The van der Waals surface area contributed by atoms with Crippen LogP contribution < -0.4 is 5.32 Å². The zero-order valence-electron chi connectivity index (χ0n) is 12.2. The average Bonchev–Trinajstić information content (AvgIpc) is 3.15. The molecule has 6 nitrogen and oxygen atoms in total. The average molecular weight is 284 g/mol. The summed E-state index contributed by atoms with van der Waals surface area (Å²) in [7, 11) is 0. The molecule has 114 valence electrons. The Labute approximate surface area is 119 Å². The molecule has 1 aliphatic carbocycles. The quantitative estimate of drug-likeness (QED) is 0.667. The number of carboxylic acids is 1. The molecule has 20 heavy (non-hydrogen) atoms. The first-order valence-corrected chi connectivity index (χ1v) is 7.22. The van der Waals surface area contributed by atoms with Crippen LogP contribution in [0.1, 0.15) is 52.4 Å². The number of hydrogen-bond acceptors (Lipinski definition) is 3. The van der Waals surface area contributed by atoms with Gasteiger partial charge in [0.1, 0.15) is 0 Å². The van der Waals surface area contributed by atoms with Gasteiger partial charge < -0.3 is 10.0 Å². The lowest BCUT2D eigenvalue weighted by Gasteiger charge is -2.24. The molecule has 0 heterocycles. The van der Waals surface area contributed by atoms with E-state index < -0.39 is 5.97 Å². The monoisotopic (exact) mass is 284 g/mol. The molecular formula is C14H24N2O4. The fourth-order valence-electron chi connectivity index (χ4n) is 1.99. The summed E-state index contributed by atoms with van der Waals surface area (Å²) >= 11 is 0. The van der Waals surface area contributed by atoms with Crippen molar-refractivity contribution >= 4 is 17.9 Å². The van der Waals surface area contributed by atoms with Gasteiger partial charge in [-0.25, -0.2) is 4.79 Å². The second-order valence-corrected chi connectivity index (χ2v) is 5.73. The van der Waals surface area contributed by atoms with Crippen molar-refractivity contribution in [2.45, 2.75) is 58.4 Å². The van der Waals surface area contributed by atoms with Gasteiger partial charge in [0, 0.05) is 25.4 Å². The summed E-state index contributed by atoms with van der Waals surface area (Å²) in [6.45, 7) is 4.73. The van der Waals surface area contributed by atoms with Crippen LogP contribution in [0.5, 0.6) is 0 Å². The standard InChI is InChI=1S/C14H24N2O4/c1-10(2)9-16(11-7-8-11)14(20)15-12(17)5-3-4-6-13(18)19/h10-11H,3-9H2,1-2H3,(H,18,19)(H,15,17,20). The maximum Gasteiger partial charge on any atom is 0.324 e. The van der Waals surface area contributed by atoms with Crippen LogP contribution in [-0.2, 0) is 9.59 Å². The van der Waals surface area contributed by atoms with Crippen molar-refractivity contribution in [3.63, 3.8) is 0 Å². The van der Waals surface area contributed by atoms with E-state index in [1.807, 2.05) is 13.8 Å². The highest BCUT2D eigenvalue weighted by molar-refractivity contribution is 5.94. The third-order valence-electron chi connectivity index (χ3n) is 3.10. The fraction of sp³-hybridized carbons (Fsp3) is 0.786. The highest BCUT2D eigenvalue weighted by Crippen LogP contribution is 2.27. The van der Waals surface area contributed by atoms with Gasteiger partial charge in [0.05, 0.1) is 0 Å². The van der Waals surface area contributed by atoms with E-state index in [9.17, 15) is 14.4 Å². The molecule has 0 bridgehead atoms. The Hall–Kier alpha value is -1.59. The lowest BCUT2D eigenvalue weighted by Crippen LogP contribution is -2.45. The molecule has 2 N–H and O–H groups in total. The van der Waals surface area contributed by atoms with Gasteiger partial charge in [0.15, 0.2) is 0 Å². The van der Waals surface area contributed by atoms with Crippen molar-refractivity contribution in [1.29, 1.82) is 0 Å². The van der Waals surface area contributed by atoms with E-state index in [0.717, 1.165) is 12.8 Å². The zero-order chi connectivity index (χ0) is 15.1. The molecule has 1 aliphatic rings. The van der Waals surface area contributed by atoms with Crippen LogP contribution in [0.25, 0.3) is 0 Å². The third-order valence-corrected chi connectivity index (χ3v) is 3.10. The molecule has 0 aliphatic heterocycles. The van der Waals surface area contributed by atoms with E-state index in [1.165, 1.54) is 0 Å². The lowest BCUT2D eigenvalue weighted by atomic mass is 10.2. The van der Waals surface area contributed by atoms with E-state index in [4.69, 9.17) is 5.11 Å². The highest BCUT2D eigenvalue weighted by atomic mass is 16.4. The largest absolute Gasteiger partial charge is 0.481 e. The molecule has 0 radical (unpaired) electrons. The minimum Gasteiger partial charge on any atom is -0.481 e. The van der Waals surface area contributed by atoms with Crippen molar-refractivity contribution in [2.75, 3.05) is 6.54 Å². The number of carboxylic acid groups (broad SMARTS) is 1. The van der Waals surface area contributed by atoms with E-state index >= 15 is 0 Å². The molecule has 0 aromatic carbocycles. The Morgan fingerprint density at radius 3 is 2.30 bits per heavy atom. The predicted molar refractivity (Wildman–Crippen MR) is 74.2 cm³/mol. The van der Waals surface area contributed by atoms with Crippen molar-refractivity contribution in [3.8, 4) is 0 Å². The second-order valence-electron chi connectivity index (χ2n) is 5.73. The lowest BCUT2D eigenvalue weighted by molar-refractivity contribution is -0.137. The SMILES string of the molecule is CC(C)CN(C(=O)NC(=O)CCCCC(=O)O)C1CC1. The first kappa shape index (κ1) is 16.5. The van der Waals surface area contributed by atoms with Crippen LogP contribution in [0.15, 0.2) is 0 Å². The van der Waals surface area contributed by atoms with Crippen molar-refractivity contribution in [3.05, 3.63) is 0 Å². The summed E-state index contributed by atoms with van der Waals surface area (Å²) in [4.78, 5) is 35.7. The molecule has 0 atom stereocenters. The van der Waals surface area contributed by atoms with Gasteiger partial charge in [0.25, 0.3) is 0 Å². The Kier molecular flexibility index (Phi) is 6.48. The summed E-state index contributed by atoms with van der Waals surface area (Å²) in [6, 6.07) is -0.0401. The smallest absolute Gasteiger partial charge is 0.324 e. The number of carbonyl (C=O) groups is 3. The Balaban J connectivity index is 2.28. The first-order valence-electron chi connectivity index (χ1n) is 7.22. The summed E-state index contributed by atoms with van der Waals surface area (Å²) < 4.78 is 0. The van der Waals surface area contributed by atoms with Crippen molar-refractivity contribution < 1.29 is 19.5 Å². The van der Waals surface area contributed by atoms with Gasteiger partial charge in [-0.2, -0.15) is 0 Å². The zero-order valence-corrected chi connectivity index (χ0v) is 12.2. The molecule has 1 rings (SSSR count). The number of aliphatic carboxylic acids is 1. The van der Waals surface area contributed by atoms with Crippen LogP contribution in [0, 0.1) is 5.92 Å². The van der Waals surface area contributed by atoms with Crippen LogP contribution in [-0.4, -0.2) is 40.5 Å². The van der Waals surface area contributed by atoms with Crippen molar-refractivity contribution in [2.24, 2.45) is 5.92 Å². The summed E-state index contributed by atoms with van der Waals surface area (Å²) in [6.07, 6.45) is 3.20. The molecule has 0 aromatic heterocycles. The number of nitrogens with zero attached hydrogens (tertiary/aromatic N) is 1. The van der Waals surface area contributed by atoms with Gasteiger partial charge in [-0.3, -0.25) is 14.9 Å². The molecule has 1 fully saturated rings. The summed E-state index contributed by atoms with van der Waals surface area (Å²) in [5.74, 6) is -0.819. The number of urea groups is 1. The Morgan fingerprint density at radius 2 is 1.80 bits per heavy atom. The molecular weight excluding hydrogens is 260 g/mol. The fourth-order valence-corrected chi connectivity index (χ4v) is 1.99. The highest BCUT2D eigenvalue weighted by Gasteiger charge is 2.33. The Bertz CT molecular complexity index is 364.